The second-order valence-electron chi connectivity index (χ2n) is 8.60. The third-order valence-corrected chi connectivity index (χ3v) is 7.38. The number of aromatic nitrogens is 2. The maximum absolute atomic E-state index is 12.8. The third kappa shape index (κ3) is 2.61. The number of halogens is 1. The van der Waals surface area contributed by atoms with E-state index < -0.39 is 11.6 Å². The Morgan fingerprint density at radius 3 is 2.68 bits per heavy atom. The molecule has 1 aromatic heterocycles. The van der Waals surface area contributed by atoms with Gasteiger partial charge in [0.05, 0.1) is 17.3 Å². The van der Waals surface area contributed by atoms with E-state index >= 15 is 0 Å². The summed E-state index contributed by atoms with van der Waals surface area (Å²) >= 11 is 6.25. The fourth-order valence-corrected chi connectivity index (χ4v) is 5.69. The van der Waals surface area contributed by atoms with Gasteiger partial charge in [-0.1, -0.05) is 11.6 Å². The van der Waals surface area contributed by atoms with Gasteiger partial charge < -0.3 is 14.7 Å². The summed E-state index contributed by atoms with van der Waals surface area (Å²) in [6, 6.07) is 3.76. The Morgan fingerprint density at radius 2 is 1.96 bits per heavy atom. The minimum atomic E-state index is -0.639. The molecule has 0 bridgehead atoms. The monoisotopic (exact) mass is 403 g/mol. The molecule has 1 amide bonds. The molecule has 2 fully saturated rings. The summed E-state index contributed by atoms with van der Waals surface area (Å²) in [7, 11) is 0. The maximum Gasteiger partial charge on any atom is 0.225 e. The van der Waals surface area contributed by atoms with Crippen LogP contribution in [0.25, 0.3) is 10.9 Å². The molecule has 5 rings (SSSR count). The van der Waals surface area contributed by atoms with Crippen LogP contribution >= 0.6 is 11.6 Å². The first kappa shape index (κ1) is 18.4. The van der Waals surface area contributed by atoms with Gasteiger partial charge in [0, 0.05) is 48.2 Å². The van der Waals surface area contributed by atoms with Crippen molar-refractivity contribution in [1.82, 2.24) is 14.7 Å². The highest BCUT2D eigenvalue weighted by atomic mass is 35.5. The van der Waals surface area contributed by atoms with Crippen LogP contribution < -0.4 is 0 Å². The fraction of sp³-hybridized carbons (Fsp3) is 0.619. The van der Waals surface area contributed by atoms with Gasteiger partial charge in [0.1, 0.15) is 6.10 Å². The van der Waals surface area contributed by atoms with E-state index in [1.807, 2.05) is 27.9 Å². The van der Waals surface area contributed by atoms with Crippen LogP contribution in [0.4, 0.5) is 0 Å². The number of piperidine rings is 1. The zero-order chi connectivity index (χ0) is 19.5. The molecule has 3 aliphatic heterocycles. The van der Waals surface area contributed by atoms with Gasteiger partial charge in [0.25, 0.3) is 0 Å². The second-order valence-corrected chi connectivity index (χ2v) is 9.04. The van der Waals surface area contributed by atoms with Crippen LogP contribution in [0.1, 0.15) is 44.3 Å². The number of likely N-dealkylation sites (tertiary alicyclic amines) is 1. The topological polar surface area (TPSA) is 67.6 Å². The summed E-state index contributed by atoms with van der Waals surface area (Å²) < 4.78 is 7.39. The summed E-state index contributed by atoms with van der Waals surface area (Å²) in [5.41, 5.74) is 1.34. The highest BCUT2D eigenvalue weighted by molar-refractivity contribution is 6.31. The molecule has 1 N–H and O–H groups in total. The molecule has 4 heterocycles. The van der Waals surface area contributed by atoms with Crippen molar-refractivity contribution < 1.29 is 14.6 Å². The smallest absolute Gasteiger partial charge is 0.225 e. The van der Waals surface area contributed by atoms with E-state index in [2.05, 4.69) is 12.0 Å². The molecule has 1 unspecified atom stereocenters. The minimum absolute atomic E-state index is 0.107. The Kier molecular flexibility index (Phi) is 4.41. The largest absolute Gasteiger partial charge is 0.386 e. The van der Waals surface area contributed by atoms with Crippen LogP contribution in [0.15, 0.2) is 18.3 Å². The Hall–Kier alpha value is -1.63. The number of hydrogen-bond donors (Lipinski definition) is 1. The van der Waals surface area contributed by atoms with Gasteiger partial charge in [-0.3, -0.25) is 9.48 Å². The first-order valence-corrected chi connectivity index (χ1v) is 10.6. The summed E-state index contributed by atoms with van der Waals surface area (Å²) in [6.45, 7) is 4.95. The van der Waals surface area contributed by atoms with E-state index in [-0.39, 0.29) is 17.7 Å². The van der Waals surface area contributed by atoms with Crippen molar-refractivity contribution in [3.8, 4) is 0 Å². The highest BCUT2D eigenvalue weighted by Gasteiger charge is 2.50. The fourth-order valence-electron chi connectivity index (χ4n) is 5.45. The lowest BCUT2D eigenvalue weighted by Gasteiger charge is -2.43. The summed E-state index contributed by atoms with van der Waals surface area (Å²) in [5.74, 6) is 0.626. The highest BCUT2D eigenvalue weighted by Crippen LogP contribution is 2.51. The van der Waals surface area contributed by atoms with E-state index in [1.54, 1.807) is 0 Å². The van der Waals surface area contributed by atoms with Gasteiger partial charge in [0.2, 0.25) is 5.91 Å². The molecule has 0 aliphatic carbocycles. The summed E-state index contributed by atoms with van der Waals surface area (Å²) in [4.78, 5) is 14.9. The number of carbonyl (C=O) groups excluding carboxylic acids is 1. The number of nitrogens with zero attached hydrogens (tertiary/aromatic N) is 3. The average molecular weight is 404 g/mol. The molecule has 28 heavy (non-hydrogen) atoms. The number of ether oxygens (including phenoxy) is 1. The third-order valence-electron chi connectivity index (χ3n) is 7.17. The van der Waals surface area contributed by atoms with Gasteiger partial charge in [-0.05, 0) is 50.7 Å². The number of rotatable bonds is 2. The number of aliphatic hydroxyl groups excluding tert-OH is 1. The molecule has 6 nitrogen and oxygen atoms in total. The molecule has 0 spiro atoms. The predicted molar refractivity (Wildman–Crippen MR) is 106 cm³/mol. The normalized spacial score (nSPS) is 29.0. The lowest BCUT2D eigenvalue weighted by Crippen LogP contribution is -2.49. The van der Waals surface area contributed by atoms with Crippen LogP contribution in [0.5, 0.6) is 0 Å². The van der Waals surface area contributed by atoms with Crippen molar-refractivity contribution in [3.63, 3.8) is 0 Å². The van der Waals surface area contributed by atoms with Crippen molar-refractivity contribution in [2.24, 2.45) is 11.8 Å². The SMILES string of the molecule is CC1(C2CCN(C(=O)C3CCOCC3)CC2)[C@H](O)c2cc(Cl)cc3cnn1c23. The first-order chi connectivity index (χ1) is 13.5. The van der Waals surface area contributed by atoms with Crippen molar-refractivity contribution in [2.75, 3.05) is 26.3 Å². The molecule has 0 saturated carbocycles. The van der Waals surface area contributed by atoms with Gasteiger partial charge in [-0.25, -0.2) is 0 Å². The molecule has 2 aromatic rings. The lowest BCUT2D eigenvalue weighted by atomic mass is 9.75. The standard InChI is InChI=1S/C21H26ClN3O3/c1-21(19(26)17-11-16(22)10-14-12-23-25(21)18(14)17)15-2-6-24(7-3-15)20(27)13-4-8-28-9-5-13/h10-13,15,19,26H,2-9H2,1H3/t19-,21?/m1/s1. The molecule has 2 saturated heterocycles. The Labute approximate surface area is 169 Å². The zero-order valence-electron chi connectivity index (χ0n) is 16.1. The molecule has 7 heteroatoms. The van der Waals surface area contributed by atoms with Gasteiger partial charge in [-0.15, -0.1) is 0 Å². The number of carbonyl (C=O) groups is 1. The number of hydrogen-bond acceptors (Lipinski definition) is 4. The molecular weight excluding hydrogens is 378 g/mol. The number of amides is 1. The average Bonchev–Trinajstić information content (AvgIpc) is 3.24. The van der Waals surface area contributed by atoms with Gasteiger partial charge >= 0.3 is 0 Å². The lowest BCUT2D eigenvalue weighted by molar-refractivity contribution is -0.141. The van der Waals surface area contributed by atoms with Crippen LogP contribution in [0.3, 0.4) is 0 Å². The van der Waals surface area contributed by atoms with Crippen LogP contribution in [0, 0.1) is 11.8 Å². The first-order valence-electron chi connectivity index (χ1n) is 10.2. The van der Waals surface area contributed by atoms with Crippen LogP contribution in [-0.2, 0) is 15.1 Å². The van der Waals surface area contributed by atoms with Gasteiger partial charge in [0.15, 0.2) is 0 Å². The second kappa shape index (κ2) is 6.71. The van der Waals surface area contributed by atoms with E-state index in [1.165, 1.54) is 0 Å². The Bertz CT molecular complexity index is 915. The van der Waals surface area contributed by atoms with Crippen molar-refractivity contribution in [3.05, 3.63) is 28.9 Å². The Balaban J connectivity index is 1.36. The quantitative estimate of drug-likeness (QED) is 0.836. The summed E-state index contributed by atoms with van der Waals surface area (Å²) in [6.07, 6.45) is 4.59. The molecule has 2 atom stereocenters. The molecule has 150 valence electrons. The van der Waals surface area contributed by atoms with E-state index in [0.29, 0.717) is 18.2 Å². The summed E-state index contributed by atoms with van der Waals surface area (Å²) in [5, 5.41) is 17.4. The molecule has 0 radical (unpaired) electrons. The predicted octanol–water partition coefficient (Wildman–Crippen LogP) is 3.12. The number of aliphatic hydroxyl groups is 1. The molecular formula is C21H26ClN3O3. The van der Waals surface area contributed by atoms with Gasteiger partial charge in [-0.2, -0.15) is 5.10 Å². The van der Waals surface area contributed by atoms with Crippen molar-refractivity contribution in [2.45, 2.75) is 44.2 Å². The zero-order valence-corrected chi connectivity index (χ0v) is 16.9. The number of benzene rings is 1. The van der Waals surface area contributed by atoms with Crippen molar-refractivity contribution in [1.29, 1.82) is 0 Å². The van der Waals surface area contributed by atoms with E-state index in [9.17, 15) is 9.90 Å². The van der Waals surface area contributed by atoms with Crippen LogP contribution in [-0.4, -0.2) is 52.0 Å². The minimum Gasteiger partial charge on any atom is -0.386 e. The molecule has 1 aromatic carbocycles. The molecule has 3 aliphatic rings. The van der Waals surface area contributed by atoms with Crippen LogP contribution in [0.2, 0.25) is 5.02 Å². The van der Waals surface area contributed by atoms with Crippen molar-refractivity contribution >= 4 is 28.4 Å². The Morgan fingerprint density at radius 1 is 1.25 bits per heavy atom. The van der Waals surface area contributed by atoms with E-state index in [0.717, 1.165) is 55.2 Å². The maximum atomic E-state index is 12.8. The van der Waals surface area contributed by atoms with E-state index in [4.69, 9.17) is 16.3 Å².